The van der Waals surface area contributed by atoms with Crippen molar-refractivity contribution in [1.82, 2.24) is 15.1 Å². The molecule has 9 heteroatoms. The number of anilines is 1. The first-order valence-electron chi connectivity index (χ1n) is 10.5. The molecule has 0 saturated heterocycles. The van der Waals surface area contributed by atoms with Gasteiger partial charge in [-0.25, -0.2) is 4.68 Å². The van der Waals surface area contributed by atoms with Crippen LogP contribution in [0.4, 0.5) is 18.9 Å². The van der Waals surface area contributed by atoms with Crippen molar-refractivity contribution < 1.29 is 18.0 Å². The van der Waals surface area contributed by atoms with Gasteiger partial charge in [0.25, 0.3) is 5.91 Å². The van der Waals surface area contributed by atoms with E-state index in [4.69, 9.17) is 0 Å². The van der Waals surface area contributed by atoms with Gasteiger partial charge >= 0.3 is 6.18 Å². The number of fused-ring (bicyclic) bond motifs is 1. The van der Waals surface area contributed by atoms with Crippen LogP contribution in [0, 0.1) is 6.92 Å². The third kappa shape index (κ3) is 4.62. The largest absolute Gasteiger partial charge is 0.418 e. The standard InChI is InChI=1S/C24H23F3N4O2/c1-15-12-21(32)22(29-31(15)20-8-4-3-7-18(20)24(25,26)27)23(33)28-14-16-9-10-19-17(13-16)6-5-11-30(19)2/h3-4,7-10,12-13H,5-6,11,14H2,1-2H3,(H,28,33). The molecule has 0 saturated carbocycles. The molecule has 172 valence electrons. The van der Waals surface area contributed by atoms with Crippen LogP contribution in [0.2, 0.25) is 0 Å². The van der Waals surface area contributed by atoms with Crippen LogP contribution < -0.4 is 15.6 Å². The van der Waals surface area contributed by atoms with Gasteiger partial charge in [0.1, 0.15) is 0 Å². The summed E-state index contributed by atoms with van der Waals surface area (Å²) in [5, 5.41) is 6.66. The van der Waals surface area contributed by atoms with Crippen LogP contribution in [0.5, 0.6) is 0 Å². The monoisotopic (exact) mass is 456 g/mol. The van der Waals surface area contributed by atoms with Crippen LogP contribution in [0.15, 0.2) is 53.3 Å². The molecule has 0 radical (unpaired) electrons. The lowest BCUT2D eigenvalue weighted by molar-refractivity contribution is -0.137. The zero-order valence-electron chi connectivity index (χ0n) is 18.2. The molecule has 1 aliphatic heterocycles. The summed E-state index contributed by atoms with van der Waals surface area (Å²) in [6, 6.07) is 11.9. The Morgan fingerprint density at radius 2 is 1.88 bits per heavy atom. The van der Waals surface area contributed by atoms with Crippen LogP contribution in [-0.2, 0) is 19.1 Å². The van der Waals surface area contributed by atoms with Crippen LogP contribution in [-0.4, -0.2) is 29.3 Å². The maximum Gasteiger partial charge on any atom is 0.418 e. The van der Waals surface area contributed by atoms with Crippen molar-refractivity contribution in [2.24, 2.45) is 0 Å². The number of para-hydroxylation sites is 1. The third-order valence-corrected chi connectivity index (χ3v) is 5.71. The van der Waals surface area contributed by atoms with E-state index in [9.17, 15) is 22.8 Å². The summed E-state index contributed by atoms with van der Waals surface area (Å²) in [7, 11) is 2.03. The fourth-order valence-corrected chi connectivity index (χ4v) is 4.06. The Morgan fingerprint density at radius 3 is 2.64 bits per heavy atom. The fraction of sp³-hybridized carbons (Fsp3) is 0.292. The zero-order chi connectivity index (χ0) is 23.8. The highest BCUT2D eigenvalue weighted by molar-refractivity contribution is 5.92. The van der Waals surface area contributed by atoms with Crippen LogP contribution in [0.3, 0.4) is 0 Å². The minimum atomic E-state index is -4.61. The highest BCUT2D eigenvalue weighted by Gasteiger charge is 2.34. The number of carbonyl (C=O) groups is 1. The van der Waals surface area contributed by atoms with E-state index in [0.29, 0.717) is 0 Å². The number of alkyl halides is 3. The lowest BCUT2D eigenvalue weighted by atomic mass is 9.99. The zero-order valence-corrected chi connectivity index (χ0v) is 18.2. The van der Waals surface area contributed by atoms with Gasteiger partial charge in [0.05, 0.1) is 11.3 Å². The number of nitrogens with zero attached hydrogens (tertiary/aromatic N) is 3. The quantitative estimate of drug-likeness (QED) is 0.647. The molecule has 0 bridgehead atoms. The average molecular weight is 456 g/mol. The molecular weight excluding hydrogens is 433 g/mol. The summed E-state index contributed by atoms with van der Waals surface area (Å²) in [4.78, 5) is 27.3. The SMILES string of the molecule is Cc1cc(=O)c(C(=O)NCc2ccc3c(c2)CCCN3C)nn1-c1ccccc1C(F)(F)F. The maximum atomic E-state index is 13.5. The van der Waals surface area contributed by atoms with Crippen molar-refractivity contribution in [1.29, 1.82) is 0 Å². The van der Waals surface area contributed by atoms with Gasteiger partial charge in [-0.2, -0.15) is 18.3 Å². The minimum absolute atomic E-state index is 0.171. The molecule has 2 aromatic carbocycles. The van der Waals surface area contributed by atoms with Crippen molar-refractivity contribution >= 4 is 11.6 Å². The summed E-state index contributed by atoms with van der Waals surface area (Å²) < 4.78 is 41.4. The van der Waals surface area contributed by atoms with Crippen LogP contribution >= 0.6 is 0 Å². The van der Waals surface area contributed by atoms with Gasteiger partial charge in [0.15, 0.2) is 5.69 Å². The molecule has 1 amide bonds. The van der Waals surface area contributed by atoms with E-state index in [1.165, 1.54) is 30.7 Å². The van der Waals surface area contributed by atoms with E-state index in [0.717, 1.165) is 47.5 Å². The van der Waals surface area contributed by atoms with Crippen molar-refractivity contribution in [3.63, 3.8) is 0 Å². The number of aromatic nitrogens is 2. The molecule has 0 atom stereocenters. The molecule has 0 spiro atoms. The Hall–Kier alpha value is -3.62. The number of hydrogen-bond donors (Lipinski definition) is 1. The predicted octanol–water partition coefficient (Wildman–Crippen LogP) is 3.87. The lowest BCUT2D eigenvalue weighted by Crippen LogP contribution is -2.32. The lowest BCUT2D eigenvalue weighted by Gasteiger charge is -2.27. The van der Waals surface area contributed by atoms with E-state index in [1.54, 1.807) is 0 Å². The normalized spacial score (nSPS) is 13.5. The van der Waals surface area contributed by atoms with E-state index in [2.05, 4.69) is 15.3 Å². The molecule has 0 fully saturated rings. The first-order chi connectivity index (χ1) is 15.6. The second-order valence-corrected chi connectivity index (χ2v) is 8.10. The first-order valence-corrected chi connectivity index (χ1v) is 10.5. The number of aryl methyl sites for hydroxylation is 2. The number of benzene rings is 2. The van der Waals surface area contributed by atoms with Crippen molar-refractivity contribution in [2.45, 2.75) is 32.5 Å². The molecule has 6 nitrogen and oxygen atoms in total. The molecule has 0 aliphatic carbocycles. The molecule has 0 unspecified atom stereocenters. The molecule has 1 N–H and O–H groups in total. The molecule has 1 aromatic heterocycles. The van der Waals surface area contributed by atoms with Gasteiger partial charge in [0.2, 0.25) is 5.43 Å². The fourth-order valence-electron chi connectivity index (χ4n) is 4.06. The van der Waals surface area contributed by atoms with Crippen molar-refractivity contribution in [3.05, 3.63) is 86.8 Å². The van der Waals surface area contributed by atoms with Crippen molar-refractivity contribution in [3.8, 4) is 5.69 Å². The molecule has 1 aliphatic rings. The van der Waals surface area contributed by atoms with E-state index >= 15 is 0 Å². The number of carbonyl (C=O) groups excluding carboxylic acids is 1. The summed E-state index contributed by atoms with van der Waals surface area (Å²) in [5.41, 5.74) is 1.12. The highest BCUT2D eigenvalue weighted by Crippen LogP contribution is 2.33. The first kappa shape index (κ1) is 22.6. The molecule has 4 rings (SSSR count). The number of rotatable bonds is 4. The predicted molar refractivity (Wildman–Crippen MR) is 119 cm³/mol. The van der Waals surface area contributed by atoms with E-state index < -0.39 is 28.8 Å². The van der Waals surface area contributed by atoms with Gasteiger partial charge in [-0.05, 0) is 49.1 Å². The van der Waals surface area contributed by atoms with Gasteiger partial charge in [0, 0.05) is 37.6 Å². The Labute approximate surface area is 188 Å². The Kier molecular flexibility index (Phi) is 5.97. The molecule has 33 heavy (non-hydrogen) atoms. The van der Waals surface area contributed by atoms with Gasteiger partial charge in [-0.3, -0.25) is 9.59 Å². The molecular formula is C24H23F3N4O2. The van der Waals surface area contributed by atoms with E-state index in [1.807, 2.05) is 25.2 Å². The summed E-state index contributed by atoms with van der Waals surface area (Å²) in [6.07, 6.45) is -2.62. The third-order valence-electron chi connectivity index (χ3n) is 5.71. The summed E-state index contributed by atoms with van der Waals surface area (Å²) in [5.74, 6) is -0.743. The van der Waals surface area contributed by atoms with Crippen LogP contribution in [0.1, 0.15) is 39.3 Å². The molecule has 3 aromatic rings. The maximum absolute atomic E-state index is 13.5. The Balaban J connectivity index is 1.60. The number of nitrogens with one attached hydrogen (secondary N) is 1. The van der Waals surface area contributed by atoms with Crippen LogP contribution in [0.25, 0.3) is 5.69 Å². The second kappa shape index (κ2) is 8.73. The topological polar surface area (TPSA) is 67.2 Å². The van der Waals surface area contributed by atoms with Crippen molar-refractivity contribution in [2.75, 3.05) is 18.5 Å². The van der Waals surface area contributed by atoms with Gasteiger partial charge in [-0.15, -0.1) is 0 Å². The Bertz CT molecular complexity index is 1270. The highest BCUT2D eigenvalue weighted by atomic mass is 19.4. The van der Waals surface area contributed by atoms with E-state index in [-0.39, 0.29) is 17.9 Å². The smallest absolute Gasteiger partial charge is 0.374 e. The Morgan fingerprint density at radius 1 is 1.12 bits per heavy atom. The number of amides is 1. The summed E-state index contributed by atoms with van der Waals surface area (Å²) in [6.45, 7) is 2.63. The minimum Gasteiger partial charge on any atom is -0.374 e. The molecule has 2 heterocycles. The van der Waals surface area contributed by atoms with Gasteiger partial charge < -0.3 is 10.2 Å². The average Bonchev–Trinajstić information content (AvgIpc) is 2.77. The van der Waals surface area contributed by atoms with Gasteiger partial charge in [-0.1, -0.05) is 24.3 Å². The summed E-state index contributed by atoms with van der Waals surface area (Å²) >= 11 is 0. The number of halogens is 3. The second-order valence-electron chi connectivity index (χ2n) is 8.10. The number of hydrogen-bond acceptors (Lipinski definition) is 4.